The summed E-state index contributed by atoms with van der Waals surface area (Å²) in [5.41, 5.74) is 2.80. The normalized spacial score (nSPS) is 12.2. The first-order chi connectivity index (χ1) is 12.1. The summed E-state index contributed by atoms with van der Waals surface area (Å²) in [7, 11) is 4.69. The molecule has 132 valence electrons. The lowest BCUT2D eigenvalue weighted by Gasteiger charge is -2.13. The van der Waals surface area contributed by atoms with Crippen LogP contribution in [0.25, 0.3) is 0 Å². The second kappa shape index (κ2) is 8.99. The average molecular weight is 341 g/mol. The van der Waals surface area contributed by atoms with Crippen LogP contribution in [0, 0.1) is 6.92 Å². The molecule has 0 heterocycles. The maximum atomic E-state index is 12.4. The van der Waals surface area contributed by atoms with Gasteiger partial charge in [-0.1, -0.05) is 29.8 Å². The fourth-order valence-electron chi connectivity index (χ4n) is 2.45. The highest BCUT2D eigenvalue weighted by molar-refractivity contribution is 5.89. The zero-order valence-corrected chi connectivity index (χ0v) is 15.0. The van der Waals surface area contributed by atoms with Crippen LogP contribution in [-0.4, -0.2) is 39.9 Å². The molecule has 2 rings (SSSR count). The van der Waals surface area contributed by atoms with E-state index in [1.807, 2.05) is 37.3 Å². The van der Waals surface area contributed by atoms with E-state index in [2.05, 4.69) is 4.99 Å². The summed E-state index contributed by atoms with van der Waals surface area (Å²) < 4.78 is 15.8. The maximum Gasteiger partial charge on any atom is 0.187 e. The van der Waals surface area contributed by atoms with E-state index < -0.39 is 6.10 Å². The quantitative estimate of drug-likeness (QED) is 0.691. The molecule has 25 heavy (non-hydrogen) atoms. The molecule has 0 spiro atoms. The van der Waals surface area contributed by atoms with Crippen molar-refractivity contribution in [1.29, 1.82) is 0 Å². The Hall–Kier alpha value is -2.66. The first-order valence-electron chi connectivity index (χ1n) is 7.93. The number of rotatable bonds is 8. The molecule has 5 heteroatoms. The summed E-state index contributed by atoms with van der Waals surface area (Å²) in [5, 5.41) is 0. The SMILES string of the molecule is COc1ccc(C=NCC(=O)C(OC)c2ccc(C)cc2)cc1OC. The largest absolute Gasteiger partial charge is 0.493 e. The van der Waals surface area contributed by atoms with Gasteiger partial charge in [0.1, 0.15) is 12.6 Å². The number of hydrogen-bond acceptors (Lipinski definition) is 5. The average Bonchev–Trinajstić information content (AvgIpc) is 2.63. The van der Waals surface area contributed by atoms with Crippen molar-refractivity contribution in [2.75, 3.05) is 27.9 Å². The number of ketones is 1. The number of Topliss-reactive ketones (excluding diaryl/α,β-unsaturated/α-hetero) is 1. The highest BCUT2D eigenvalue weighted by Gasteiger charge is 2.19. The molecule has 0 aliphatic carbocycles. The molecule has 0 saturated carbocycles. The van der Waals surface area contributed by atoms with E-state index in [9.17, 15) is 4.79 Å². The number of ether oxygens (including phenoxy) is 3. The van der Waals surface area contributed by atoms with Crippen LogP contribution >= 0.6 is 0 Å². The monoisotopic (exact) mass is 341 g/mol. The molecule has 1 atom stereocenters. The van der Waals surface area contributed by atoms with Gasteiger partial charge in [0, 0.05) is 13.3 Å². The molecule has 0 radical (unpaired) electrons. The van der Waals surface area contributed by atoms with E-state index in [1.165, 1.54) is 7.11 Å². The Kier molecular flexibility index (Phi) is 6.71. The van der Waals surface area contributed by atoms with Crippen LogP contribution in [0.3, 0.4) is 0 Å². The molecule has 1 unspecified atom stereocenters. The van der Waals surface area contributed by atoms with Gasteiger partial charge in [0.25, 0.3) is 0 Å². The fourth-order valence-corrected chi connectivity index (χ4v) is 2.45. The number of aliphatic imine (C=N–C) groups is 1. The van der Waals surface area contributed by atoms with Crippen LogP contribution in [0.5, 0.6) is 11.5 Å². The topological polar surface area (TPSA) is 57.1 Å². The van der Waals surface area contributed by atoms with Gasteiger partial charge in [-0.2, -0.15) is 0 Å². The predicted octanol–water partition coefficient (Wildman–Crippen LogP) is 3.39. The van der Waals surface area contributed by atoms with E-state index >= 15 is 0 Å². The van der Waals surface area contributed by atoms with E-state index in [1.54, 1.807) is 32.6 Å². The Morgan fingerprint density at radius 1 is 1.04 bits per heavy atom. The van der Waals surface area contributed by atoms with Gasteiger partial charge < -0.3 is 14.2 Å². The Balaban J connectivity index is 2.05. The minimum absolute atomic E-state index is 0.0424. The van der Waals surface area contributed by atoms with E-state index in [4.69, 9.17) is 14.2 Å². The summed E-state index contributed by atoms with van der Waals surface area (Å²) in [4.78, 5) is 16.6. The van der Waals surface area contributed by atoms with Crippen LogP contribution in [-0.2, 0) is 9.53 Å². The Bertz CT molecular complexity index is 738. The zero-order valence-electron chi connectivity index (χ0n) is 15.0. The van der Waals surface area contributed by atoms with Crippen LogP contribution in [0.15, 0.2) is 47.5 Å². The second-order valence-electron chi connectivity index (χ2n) is 5.58. The lowest BCUT2D eigenvalue weighted by atomic mass is 10.0. The van der Waals surface area contributed by atoms with Crippen molar-refractivity contribution in [1.82, 2.24) is 0 Å². The Morgan fingerprint density at radius 2 is 1.72 bits per heavy atom. The third kappa shape index (κ3) is 4.90. The molecular weight excluding hydrogens is 318 g/mol. The van der Waals surface area contributed by atoms with Gasteiger partial charge in [0.2, 0.25) is 0 Å². The molecule has 0 aromatic heterocycles. The number of carbonyl (C=O) groups is 1. The summed E-state index contributed by atoms with van der Waals surface area (Å²) >= 11 is 0. The molecule has 2 aromatic rings. The molecule has 0 saturated heterocycles. The van der Waals surface area contributed by atoms with Gasteiger partial charge in [0.05, 0.1) is 14.2 Å². The van der Waals surface area contributed by atoms with Crippen LogP contribution in [0.4, 0.5) is 0 Å². The first kappa shape index (κ1) is 18.7. The van der Waals surface area contributed by atoms with Crippen molar-refractivity contribution in [3.05, 3.63) is 59.2 Å². The summed E-state index contributed by atoms with van der Waals surface area (Å²) in [6.07, 6.45) is 1.03. The van der Waals surface area contributed by atoms with Crippen molar-refractivity contribution in [2.24, 2.45) is 4.99 Å². The zero-order chi connectivity index (χ0) is 18.2. The minimum atomic E-state index is -0.608. The van der Waals surface area contributed by atoms with Crippen LogP contribution < -0.4 is 9.47 Å². The number of nitrogens with zero attached hydrogens (tertiary/aromatic N) is 1. The molecule has 0 aliphatic rings. The van der Waals surface area contributed by atoms with Gasteiger partial charge in [-0.3, -0.25) is 9.79 Å². The number of carbonyl (C=O) groups excluding carboxylic acids is 1. The summed E-state index contributed by atoms with van der Waals surface area (Å²) in [6.45, 7) is 2.04. The van der Waals surface area contributed by atoms with Crippen molar-refractivity contribution >= 4 is 12.0 Å². The predicted molar refractivity (Wildman–Crippen MR) is 97.9 cm³/mol. The molecule has 2 aromatic carbocycles. The molecule has 0 N–H and O–H groups in total. The lowest BCUT2D eigenvalue weighted by Crippen LogP contribution is -2.17. The van der Waals surface area contributed by atoms with Gasteiger partial charge in [-0.15, -0.1) is 0 Å². The third-order valence-electron chi connectivity index (χ3n) is 3.80. The van der Waals surface area contributed by atoms with Gasteiger partial charge in [0.15, 0.2) is 17.3 Å². The number of methoxy groups -OCH3 is 3. The van der Waals surface area contributed by atoms with Gasteiger partial charge >= 0.3 is 0 Å². The number of aryl methyl sites for hydroxylation is 1. The summed E-state index contributed by atoms with van der Waals surface area (Å²) in [5.74, 6) is 1.17. The third-order valence-corrected chi connectivity index (χ3v) is 3.80. The minimum Gasteiger partial charge on any atom is -0.493 e. The fraction of sp³-hybridized carbons (Fsp3) is 0.300. The standard InChI is InChI=1S/C20H23NO4/c1-14-5-8-16(9-6-14)20(25-4)17(22)13-21-12-15-7-10-18(23-2)19(11-15)24-3/h5-12,20H,13H2,1-4H3. The number of benzene rings is 2. The maximum absolute atomic E-state index is 12.4. The molecule has 0 aliphatic heterocycles. The van der Waals surface area contributed by atoms with Gasteiger partial charge in [-0.25, -0.2) is 0 Å². The van der Waals surface area contributed by atoms with Crippen LogP contribution in [0.2, 0.25) is 0 Å². The highest BCUT2D eigenvalue weighted by atomic mass is 16.5. The van der Waals surface area contributed by atoms with Gasteiger partial charge in [-0.05, 0) is 36.2 Å². The lowest BCUT2D eigenvalue weighted by molar-refractivity contribution is -0.127. The van der Waals surface area contributed by atoms with Crippen molar-refractivity contribution in [3.63, 3.8) is 0 Å². The molecule has 0 fully saturated rings. The summed E-state index contributed by atoms with van der Waals surface area (Å²) in [6, 6.07) is 13.2. The van der Waals surface area contributed by atoms with E-state index in [0.717, 1.165) is 16.7 Å². The highest BCUT2D eigenvalue weighted by Crippen LogP contribution is 2.27. The molecule has 0 bridgehead atoms. The molecule has 0 amide bonds. The van der Waals surface area contributed by atoms with Crippen molar-refractivity contribution in [3.8, 4) is 11.5 Å². The van der Waals surface area contributed by atoms with Crippen molar-refractivity contribution in [2.45, 2.75) is 13.0 Å². The van der Waals surface area contributed by atoms with Crippen molar-refractivity contribution < 1.29 is 19.0 Å². The smallest absolute Gasteiger partial charge is 0.187 e. The molecule has 5 nitrogen and oxygen atoms in total. The van der Waals surface area contributed by atoms with E-state index in [0.29, 0.717) is 11.5 Å². The first-order valence-corrected chi connectivity index (χ1v) is 7.93. The van der Waals surface area contributed by atoms with Crippen LogP contribution in [0.1, 0.15) is 22.8 Å². The number of hydrogen-bond donors (Lipinski definition) is 0. The molecular formula is C20H23NO4. The Labute approximate surface area is 148 Å². The second-order valence-corrected chi connectivity index (χ2v) is 5.58. The van der Waals surface area contributed by atoms with E-state index in [-0.39, 0.29) is 12.3 Å². The Morgan fingerprint density at radius 3 is 2.32 bits per heavy atom.